The van der Waals surface area contributed by atoms with Gasteiger partial charge in [-0.2, -0.15) is 0 Å². The van der Waals surface area contributed by atoms with E-state index in [0.29, 0.717) is 0 Å². The van der Waals surface area contributed by atoms with Crippen LogP contribution in [0.2, 0.25) is 0 Å². The van der Waals surface area contributed by atoms with Crippen LogP contribution in [0.15, 0.2) is 60.7 Å². The molecule has 1 N–H and O–H groups in total. The molecular formula is C17H19NO3. The molecule has 0 heterocycles. The Morgan fingerprint density at radius 1 is 1.10 bits per heavy atom. The monoisotopic (exact) mass is 285 g/mol. The van der Waals surface area contributed by atoms with E-state index in [4.69, 9.17) is 4.74 Å². The Hall–Kier alpha value is -2.33. The molecule has 0 bridgehead atoms. The summed E-state index contributed by atoms with van der Waals surface area (Å²) in [5, 5.41) is 9.53. The Morgan fingerprint density at radius 3 is 2.24 bits per heavy atom. The molecule has 21 heavy (non-hydrogen) atoms. The van der Waals surface area contributed by atoms with Crippen LogP contribution in [-0.2, 0) is 11.3 Å². The summed E-state index contributed by atoms with van der Waals surface area (Å²) in [5.41, 5.74) is 1.80. The molecule has 2 aromatic rings. The van der Waals surface area contributed by atoms with Gasteiger partial charge in [-0.25, -0.2) is 4.79 Å². The van der Waals surface area contributed by atoms with E-state index in [2.05, 4.69) is 0 Å². The molecule has 0 aliphatic heterocycles. The molecule has 110 valence electrons. The van der Waals surface area contributed by atoms with Crippen molar-refractivity contribution in [1.29, 1.82) is 0 Å². The van der Waals surface area contributed by atoms with Crippen molar-refractivity contribution in [2.75, 3.05) is 13.7 Å². The van der Waals surface area contributed by atoms with E-state index in [1.54, 1.807) is 7.05 Å². The van der Waals surface area contributed by atoms with Crippen molar-refractivity contribution in [1.82, 2.24) is 4.90 Å². The smallest absolute Gasteiger partial charge is 0.410 e. The molecule has 4 nitrogen and oxygen atoms in total. The van der Waals surface area contributed by atoms with Crippen LogP contribution in [0.3, 0.4) is 0 Å². The SMILES string of the molecule is CN(C(=O)OCc1ccccc1)C(CO)c1ccccc1. The fraction of sp³-hybridized carbons (Fsp3) is 0.235. The number of amides is 1. The normalized spacial score (nSPS) is 11.7. The van der Waals surface area contributed by atoms with Crippen molar-refractivity contribution in [2.24, 2.45) is 0 Å². The molecule has 1 amide bonds. The molecule has 2 rings (SSSR count). The van der Waals surface area contributed by atoms with Crippen molar-refractivity contribution >= 4 is 6.09 Å². The zero-order valence-electron chi connectivity index (χ0n) is 12.0. The second kappa shape index (κ2) is 7.45. The highest BCUT2D eigenvalue weighted by atomic mass is 16.6. The van der Waals surface area contributed by atoms with Gasteiger partial charge in [0.2, 0.25) is 0 Å². The maximum absolute atomic E-state index is 12.1. The van der Waals surface area contributed by atoms with Crippen LogP contribution < -0.4 is 0 Å². The Morgan fingerprint density at radius 2 is 1.67 bits per heavy atom. The number of hydrogen-bond donors (Lipinski definition) is 1. The topological polar surface area (TPSA) is 49.8 Å². The Bertz CT molecular complexity index is 557. The summed E-state index contributed by atoms with van der Waals surface area (Å²) >= 11 is 0. The highest BCUT2D eigenvalue weighted by Gasteiger charge is 2.21. The lowest BCUT2D eigenvalue weighted by Crippen LogP contribution is -2.33. The lowest BCUT2D eigenvalue weighted by molar-refractivity contribution is 0.0759. The Kier molecular flexibility index (Phi) is 5.35. The maximum atomic E-state index is 12.1. The van der Waals surface area contributed by atoms with E-state index < -0.39 is 12.1 Å². The van der Waals surface area contributed by atoms with Crippen molar-refractivity contribution in [3.05, 3.63) is 71.8 Å². The maximum Gasteiger partial charge on any atom is 0.410 e. The van der Waals surface area contributed by atoms with E-state index in [1.165, 1.54) is 4.90 Å². The van der Waals surface area contributed by atoms with Gasteiger partial charge < -0.3 is 14.7 Å². The Balaban J connectivity index is 1.97. The molecule has 0 saturated heterocycles. The number of rotatable bonds is 5. The third-order valence-electron chi connectivity index (χ3n) is 3.32. The third-order valence-corrected chi connectivity index (χ3v) is 3.32. The summed E-state index contributed by atoms with van der Waals surface area (Å²) in [6, 6.07) is 18.5. The number of nitrogens with zero attached hydrogens (tertiary/aromatic N) is 1. The van der Waals surface area contributed by atoms with Gasteiger partial charge in [0.15, 0.2) is 0 Å². The quantitative estimate of drug-likeness (QED) is 0.918. The minimum atomic E-state index is -0.457. The molecule has 0 spiro atoms. The van der Waals surface area contributed by atoms with E-state index in [-0.39, 0.29) is 13.2 Å². The largest absolute Gasteiger partial charge is 0.445 e. The first kappa shape index (κ1) is 15.1. The molecular weight excluding hydrogens is 266 g/mol. The second-order valence-electron chi connectivity index (χ2n) is 4.76. The number of aliphatic hydroxyl groups is 1. The van der Waals surface area contributed by atoms with Crippen LogP contribution in [0.4, 0.5) is 4.79 Å². The van der Waals surface area contributed by atoms with Crippen LogP contribution in [0.5, 0.6) is 0 Å². The van der Waals surface area contributed by atoms with Crippen LogP contribution in [-0.4, -0.2) is 29.8 Å². The molecule has 0 radical (unpaired) electrons. The summed E-state index contributed by atoms with van der Waals surface area (Å²) in [5.74, 6) is 0. The average molecular weight is 285 g/mol. The standard InChI is InChI=1S/C17H19NO3/c1-18(16(12-19)15-10-6-3-7-11-15)17(20)21-13-14-8-4-2-5-9-14/h2-11,16,19H,12-13H2,1H3. The van der Waals surface area contributed by atoms with Gasteiger partial charge in [-0.1, -0.05) is 60.7 Å². The molecule has 0 fully saturated rings. The van der Waals surface area contributed by atoms with Gasteiger partial charge in [0, 0.05) is 7.05 Å². The number of ether oxygens (including phenoxy) is 1. The molecule has 0 aliphatic rings. The minimum absolute atomic E-state index is 0.152. The highest BCUT2D eigenvalue weighted by Crippen LogP contribution is 2.19. The van der Waals surface area contributed by atoms with Gasteiger partial charge in [-0.3, -0.25) is 0 Å². The van der Waals surface area contributed by atoms with Gasteiger partial charge in [0.05, 0.1) is 12.6 Å². The zero-order chi connectivity index (χ0) is 15.1. The fourth-order valence-electron chi connectivity index (χ4n) is 2.08. The second-order valence-corrected chi connectivity index (χ2v) is 4.76. The lowest BCUT2D eigenvalue weighted by atomic mass is 10.1. The predicted molar refractivity (Wildman–Crippen MR) is 80.7 cm³/mol. The van der Waals surface area contributed by atoms with Crippen LogP contribution >= 0.6 is 0 Å². The van der Waals surface area contributed by atoms with Crippen molar-refractivity contribution in [2.45, 2.75) is 12.6 Å². The molecule has 0 aromatic heterocycles. The van der Waals surface area contributed by atoms with E-state index in [0.717, 1.165) is 11.1 Å². The Labute approximate surface area is 124 Å². The summed E-state index contributed by atoms with van der Waals surface area (Å²) in [4.78, 5) is 13.5. The van der Waals surface area contributed by atoms with Gasteiger partial charge in [-0.15, -0.1) is 0 Å². The number of hydrogen-bond acceptors (Lipinski definition) is 3. The highest BCUT2D eigenvalue weighted by molar-refractivity contribution is 5.68. The minimum Gasteiger partial charge on any atom is -0.445 e. The third kappa shape index (κ3) is 4.07. The number of benzene rings is 2. The predicted octanol–water partition coefficient (Wildman–Crippen LogP) is 2.99. The zero-order valence-corrected chi connectivity index (χ0v) is 12.0. The van der Waals surface area contributed by atoms with Crippen LogP contribution in [0.1, 0.15) is 17.2 Å². The number of likely N-dealkylation sites (N-methyl/N-ethyl adjacent to an activating group) is 1. The van der Waals surface area contributed by atoms with Crippen LogP contribution in [0.25, 0.3) is 0 Å². The average Bonchev–Trinajstić information content (AvgIpc) is 2.55. The lowest BCUT2D eigenvalue weighted by Gasteiger charge is -2.26. The van der Waals surface area contributed by atoms with E-state index >= 15 is 0 Å². The molecule has 2 aromatic carbocycles. The molecule has 0 aliphatic carbocycles. The van der Waals surface area contributed by atoms with Gasteiger partial charge >= 0.3 is 6.09 Å². The first-order valence-corrected chi connectivity index (χ1v) is 6.81. The summed E-state index contributed by atoms with van der Waals surface area (Å²) < 4.78 is 5.27. The van der Waals surface area contributed by atoms with Crippen molar-refractivity contribution in [3.8, 4) is 0 Å². The van der Waals surface area contributed by atoms with Crippen LogP contribution in [0, 0.1) is 0 Å². The van der Waals surface area contributed by atoms with Gasteiger partial charge in [0.1, 0.15) is 6.61 Å². The summed E-state index contributed by atoms with van der Waals surface area (Å²) in [6.45, 7) is 0.0674. The summed E-state index contributed by atoms with van der Waals surface area (Å²) in [6.07, 6.45) is -0.457. The fourth-order valence-corrected chi connectivity index (χ4v) is 2.08. The number of carbonyl (C=O) groups is 1. The van der Waals surface area contributed by atoms with E-state index in [9.17, 15) is 9.90 Å². The molecule has 4 heteroatoms. The van der Waals surface area contributed by atoms with Crippen molar-refractivity contribution in [3.63, 3.8) is 0 Å². The first-order valence-electron chi connectivity index (χ1n) is 6.81. The van der Waals surface area contributed by atoms with Crippen molar-refractivity contribution < 1.29 is 14.6 Å². The number of carbonyl (C=O) groups excluding carboxylic acids is 1. The summed E-state index contributed by atoms with van der Waals surface area (Å²) in [7, 11) is 1.63. The van der Waals surface area contributed by atoms with Gasteiger partial charge in [0.25, 0.3) is 0 Å². The van der Waals surface area contributed by atoms with Gasteiger partial charge in [-0.05, 0) is 11.1 Å². The molecule has 1 unspecified atom stereocenters. The number of aliphatic hydroxyl groups excluding tert-OH is 1. The first-order chi connectivity index (χ1) is 10.2. The van der Waals surface area contributed by atoms with E-state index in [1.807, 2.05) is 60.7 Å². The molecule has 0 saturated carbocycles. The molecule has 1 atom stereocenters.